The summed E-state index contributed by atoms with van der Waals surface area (Å²) in [5, 5.41) is 24.3. The third kappa shape index (κ3) is 2.16. The lowest BCUT2D eigenvalue weighted by Gasteiger charge is -2.47. The van der Waals surface area contributed by atoms with Crippen molar-refractivity contribution in [2.75, 3.05) is 6.54 Å². The molecular formula is C15H20N2O3. The van der Waals surface area contributed by atoms with Gasteiger partial charge in [0.05, 0.1) is 6.42 Å². The van der Waals surface area contributed by atoms with Gasteiger partial charge in [-0.2, -0.15) is 0 Å². The van der Waals surface area contributed by atoms with Crippen molar-refractivity contribution in [3.63, 3.8) is 0 Å². The Morgan fingerprint density at radius 1 is 1.40 bits per heavy atom. The highest BCUT2D eigenvalue weighted by atomic mass is 16.6. The maximum atomic E-state index is 13.1. The minimum atomic E-state index is -0.360. The van der Waals surface area contributed by atoms with Gasteiger partial charge in [0.25, 0.3) is 0 Å². The Kier molecular flexibility index (Phi) is 3.38. The van der Waals surface area contributed by atoms with Crippen molar-refractivity contribution in [3.8, 4) is 0 Å². The number of hydrogen-bond acceptors (Lipinski definition) is 3. The third-order valence-electron chi connectivity index (χ3n) is 4.72. The van der Waals surface area contributed by atoms with Gasteiger partial charge >= 0.3 is 5.91 Å². The molecule has 0 spiro atoms. The SMILES string of the molecule is CCc1cccc2c1C[N+]([O-])(C1CCC(=O)[NH+]([O-])C1)C2. The topological polar surface area (TPSA) is 67.6 Å². The van der Waals surface area contributed by atoms with E-state index < -0.39 is 0 Å². The predicted molar refractivity (Wildman–Crippen MR) is 74.1 cm³/mol. The van der Waals surface area contributed by atoms with Gasteiger partial charge in [-0.1, -0.05) is 25.1 Å². The van der Waals surface area contributed by atoms with Gasteiger partial charge in [0.2, 0.25) is 0 Å². The molecule has 0 aliphatic carbocycles. The molecule has 1 aromatic carbocycles. The molecule has 1 amide bonds. The number of piperidine rings is 1. The van der Waals surface area contributed by atoms with Crippen LogP contribution >= 0.6 is 0 Å². The maximum Gasteiger partial charge on any atom is 0.312 e. The van der Waals surface area contributed by atoms with E-state index in [4.69, 9.17) is 0 Å². The van der Waals surface area contributed by atoms with E-state index in [1.54, 1.807) is 0 Å². The van der Waals surface area contributed by atoms with Crippen LogP contribution in [0, 0.1) is 10.4 Å². The first kappa shape index (κ1) is 13.7. The average Bonchev–Trinajstić information content (AvgIpc) is 2.79. The van der Waals surface area contributed by atoms with Crippen molar-refractivity contribution in [1.29, 1.82) is 0 Å². The lowest BCUT2D eigenvalue weighted by atomic mass is 10.0. The number of amides is 1. The molecule has 0 bridgehead atoms. The number of carbonyl (C=O) groups excluding carboxylic acids is 1. The first-order chi connectivity index (χ1) is 9.53. The Hall–Kier alpha value is -1.27. The van der Waals surface area contributed by atoms with Crippen molar-refractivity contribution >= 4 is 5.91 Å². The van der Waals surface area contributed by atoms with E-state index in [2.05, 4.69) is 13.0 Å². The summed E-state index contributed by atoms with van der Waals surface area (Å²) in [6, 6.07) is 5.84. The van der Waals surface area contributed by atoms with Gasteiger partial charge in [0, 0.05) is 17.5 Å². The molecule has 2 heterocycles. The van der Waals surface area contributed by atoms with Crippen LogP contribution in [0.1, 0.15) is 36.5 Å². The fourth-order valence-corrected chi connectivity index (χ4v) is 3.51. The molecule has 1 fully saturated rings. The molecular weight excluding hydrogens is 256 g/mol. The Labute approximate surface area is 118 Å². The second-order valence-corrected chi connectivity index (χ2v) is 5.92. The van der Waals surface area contributed by atoms with Crippen LogP contribution in [0.25, 0.3) is 0 Å². The number of nitrogens with zero attached hydrogens (tertiary/aromatic N) is 1. The first-order valence-electron chi connectivity index (χ1n) is 7.27. The number of benzene rings is 1. The van der Waals surface area contributed by atoms with Crippen LogP contribution < -0.4 is 5.06 Å². The molecule has 0 aromatic heterocycles. The zero-order valence-corrected chi connectivity index (χ0v) is 11.7. The summed E-state index contributed by atoms with van der Waals surface area (Å²) >= 11 is 0. The zero-order valence-electron chi connectivity index (χ0n) is 11.7. The Bertz CT molecular complexity index is 546. The molecule has 1 aromatic rings. The van der Waals surface area contributed by atoms with Crippen molar-refractivity contribution in [2.24, 2.45) is 0 Å². The summed E-state index contributed by atoms with van der Waals surface area (Å²) < 4.78 is -0.356. The molecule has 5 heteroatoms. The molecule has 0 radical (unpaired) electrons. The predicted octanol–water partition coefficient (Wildman–Crippen LogP) is 0.649. The van der Waals surface area contributed by atoms with E-state index in [-0.39, 0.29) is 34.6 Å². The lowest BCUT2D eigenvalue weighted by molar-refractivity contribution is -0.949. The van der Waals surface area contributed by atoms with Crippen molar-refractivity contribution in [2.45, 2.75) is 45.3 Å². The summed E-state index contributed by atoms with van der Waals surface area (Å²) in [6.07, 6.45) is 1.71. The van der Waals surface area contributed by atoms with E-state index in [1.807, 2.05) is 12.1 Å². The number of rotatable bonds is 2. The van der Waals surface area contributed by atoms with Gasteiger partial charge in [-0.25, -0.2) is 4.79 Å². The second kappa shape index (κ2) is 4.93. The quantitative estimate of drug-likeness (QED) is 0.637. The van der Waals surface area contributed by atoms with Crippen LogP contribution in [0.15, 0.2) is 18.2 Å². The summed E-state index contributed by atoms with van der Waals surface area (Å²) in [4.78, 5) is 11.3. The van der Waals surface area contributed by atoms with Crippen LogP contribution in [0.4, 0.5) is 0 Å². The van der Waals surface area contributed by atoms with E-state index in [0.717, 1.165) is 17.5 Å². The molecule has 3 atom stereocenters. The second-order valence-electron chi connectivity index (χ2n) is 5.92. The van der Waals surface area contributed by atoms with Crippen molar-refractivity contribution in [3.05, 3.63) is 45.3 Å². The molecule has 1 saturated heterocycles. The van der Waals surface area contributed by atoms with Crippen LogP contribution in [0.2, 0.25) is 0 Å². The largest absolute Gasteiger partial charge is 0.632 e. The molecule has 0 saturated carbocycles. The molecule has 5 nitrogen and oxygen atoms in total. The molecule has 1 N–H and O–H groups in total. The van der Waals surface area contributed by atoms with E-state index in [1.165, 1.54) is 5.56 Å². The lowest BCUT2D eigenvalue weighted by Crippen LogP contribution is -3.12. The Balaban J connectivity index is 1.84. The van der Waals surface area contributed by atoms with Gasteiger partial charge in [0.1, 0.15) is 25.7 Å². The summed E-state index contributed by atoms with van der Waals surface area (Å²) in [5.74, 6) is -0.307. The fourth-order valence-electron chi connectivity index (χ4n) is 3.51. The Morgan fingerprint density at radius 2 is 2.20 bits per heavy atom. The third-order valence-corrected chi connectivity index (χ3v) is 4.72. The average molecular weight is 276 g/mol. The highest BCUT2D eigenvalue weighted by molar-refractivity contribution is 5.67. The normalized spacial score (nSPS) is 33.2. The smallest absolute Gasteiger partial charge is 0.312 e. The number of hydrogen-bond donors (Lipinski definition) is 1. The maximum absolute atomic E-state index is 13.1. The number of hydroxylamine groups is 5. The van der Waals surface area contributed by atoms with Gasteiger partial charge in [0.15, 0.2) is 0 Å². The number of aryl methyl sites for hydroxylation is 1. The van der Waals surface area contributed by atoms with Crippen LogP contribution in [0.5, 0.6) is 0 Å². The van der Waals surface area contributed by atoms with E-state index in [9.17, 15) is 15.2 Å². The van der Waals surface area contributed by atoms with Gasteiger partial charge in [-0.05, 0) is 12.0 Å². The fraction of sp³-hybridized carbons (Fsp3) is 0.533. The highest BCUT2D eigenvalue weighted by Gasteiger charge is 2.41. The number of fused-ring (bicyclic) bond motifs is 1. The standard InChI is InChI=1S/C15H20N2O3/c1-2-11-4-3-5-12-9-17(20,10-14(11)12)13-6-7-15(18)16(19)8-13/h3-5,13,16H,2,6-10H2,1H3. The van der Waals surface area contributed by atoms with Gasteiger partial charge < -0.3 is 20.1 Å². The van der Waals surface area contributed by atoms with Crippen LogP contribution in [-0.2, 0) is 24.3 Å². The molecule has 108 valence electrons. The highest BCUT2D eigenvalue weighted by Crippen LogP contribution is 2.35. The first-order valence-corrected chi connectivity index (χ1v) is 7.27. The molecule has 20 heavy (non-hydrogen) atoms. The van der Waals surface area contributed by atoms with Crippen molar-refractivity contribution < 1.29 is 14.5 Å². The van der Waals surface area contributed by atoms with Gasteiger partial charge in [-0.3, -0.25) is 0 Å². The number of quaternary nitrogens is 2. The minimum absolute atomic E-state index is 0.123. The molecule has 2 aliphatic rings. The number of nitrogens with one attached hydrogen (secondary N) is 1. The molecule has 3 unspecified atom stereocenters. The van der Waals surface area contributed by atoms with Crippen molar-refractivity contribution in [1.82, 2.24) is 0 Å². The van der Waals surface area contributed by atoms with Gasteiger partial charge in [-0.15, -0.1) is 0 Å². The van der Waals surface area contributed by atoms with Crippen LogP contribution in [-0.4, -0.2) is 23.1 Å². The summed E-state index contributed by atoms with van der Waals surface area (Å²) in [7, 11) is 0. The molecule has 2 aliphatic heterocycles. The monoisotopic (exact) mass is 276 g/mol. The van der Waals surface area contributed by atoms with E-state index in [0.29, 0.717) is 19.5 Å². The summed E-state index contributed by atoms with van der Waals surface area (Å²) in [5.41, 5.74) is 3.51. The molecule has 3 rings (SSSR count). The number of carbonyl (C=O) groups is 1. The minimum Gasteiger partial charge on any atom is -0.632 e. The Morgan fingerprint density at radius 3 is 2.90 bits per heavy atom. The van der Waals surface area contributed by atoms with Crippen LogP contribution in [0.3, 0.4) is 0 Å². The zero-order chi connectivity index (χ0) is 14.3. The summed E-state index contributed by atoms with van der Waals surface area (Å²) in [6.45, 7) is 3.11. The van der Waals surface area contributed by atoms with E-state index >= 15 is 0 Å².